The fraction of sp³-hybridized carbons (Fsp3) is 0.441. The van der Waals surface area contributed by atoms with Crippen LogP contribution in [-0.4, -0.2) is 31.1 Å². The van der Waals surface area contributed by atoms with Crippen molar-refractivity contribution in [1.29, 1.82) is 0 Å². The fourth-order valence-electron chi connectivity index (χ4n) is 4.59. The van der Waals surface area contributed by atoms with E-state index in [0.29, 0.717) is 42.0 Å². The molecule has 0 amide bonds. The highest BCUT2D eigenvalue weighted by molar-refractivity contribution is 8.30. The molecule has 0 bridgehead atoms. The Balaban J connectivity index is 2.30. The number of hydrogen-bond donors (Lipinski definition) is 1. The Kier molecular flexibility index (Phi) is 13.7. The minimum absolute atomic E-state index is 0.488. The first kappa shape index (κ1) is 32.2. The Labute approximate surface area is 247 Å². The summed E-state index contributed by atoms with van der Waals surface area (Å²) in [5.74, 6) is 1.71. The molecule has 0 spiro atoms. The molecule has 41 heavy (non-hydrogen) atoms. The lowest BCUT2D eigenvalue weighted by atomic mass is 10.2. The summed E-state index contributed by atoms with van der Waals surface area (Å²) in [6, 6.07) is 22.9. The van der Waals surface area contributed by atoms with Gasteiger partial charge in [0.15, 0.2) is 0 Å². The van der Waals surface area contributed by atoms with Gasteiger partial charge in [-0.25, -0.2) is 4.79 Å². The number of carbonyl (C=O) groups is 1. The van der Waals surface area contributed by atoms with Crippen LogP contribution in [0, 0.1) is 0 Å². The van der Waals surface area contributed by atoms with Crippen molar-refractivity contribution < 1.29 is 28.3 Å². The van der Waals surface area contributed by atoms with Crippen LogP contribution in [0.4, 0.5) is 4.79 Å². The molecule has 0 saturated carbocycles. The average molecular weight is 583 g/mol. The van der Waals surface area contributed by atoms with Gasteiger partial charge in [0.1, 0.15) is 22.1 Å². The van der Waals surface area contributed by atoms with Crippen molar-refractivity contribution in [2.24, 2.45) is 0 Å². The molecule has 0 unspecified atom stereocenters. The number of rotatable bonds is 19. The van der Waals surface area contributed by atoms with Gasteiger partial charge in [-0.2, -0.15) is 0 Å². The van der Waals surface area contributed by atoms with Crippen LogP contribution in [0.3, 0.4) is 0 Å². The second-order valence-electron chi connectivity index (χ2n) is 9.95. The molecule has 0 fully saturated rings. The summed E-state index contributed by atoms with van der Waals surface area (Å²) in [6.45, 7) is 8.03. The number of hydrogen-bond acceptors (Lipinski definition) is 5. The van der Waals surface area contributed by atoms with Gasteiger partial charge in [-0.05, 0) is 43.5 Å². The van der Waals surface area contributed by atoms with E-state index in [-0.39, 0.29) is 0 Å². The highest BCUT2D eigenvalue weighted by Gasteiger charge is 2.41. The zero-order chi connectivity index (χ0) is 29.3. The largest absolute Gasteiger partial charge is 0.517 e. The molecule has 1 N–H and O–H groups in total. The first-order valence-electron chi connectivity index (χ1n) is 15.0. The van der Waals surface area contributed by atoms with E-state index in [0.717, 1.165) is 67.6 Å². The van der Waals surface area contributed by atoms with Gasteiger partial charge in [0.2, 0.25) is 0 Å². The molecule has 0 aliphatic rings. The van der Waals surface area contributed by atoms with E-state index in [9.17, 15) is 9.90 Å². The molecular weight excluding hydrogens is 536 g/mol. The molecule has 7 heteroatoms. The Hall–Kier alpha value is -3.32. The van der Waals surface area contributed by atoms with Crippen molar-refractivity contribution in [3.63, 3.8) is 0 Å². The molecule has 0 radical (unpaired) electrons. The summed E-state index contributed by atoms with van der Waals surface area (Å²) in [6.07, 6.45) is 7.72. The maximum absolute atomic E-state index is 12.5. The fourth-order valence-corrected chi connectivity index (χ4v) is 7.70. The Morgan fingerprint density at radius 3 is 1.44 bits per heavy atom. The minimum atomic E-state index is -2.83. The molecule has 3 aromatic rings. The number of unbranched alkanes of at least 4 members (excludes halogenated alkanes) is 6. The molecule has 3 rings (SSSR count). The van der Waals surface area contributed by atoms with Gasteiger partial charge in [0.25, 0.3) is 0 Å². The lowest BCUT2D eigenvalue weighted by Gasteiger charge is -2.40. The van der Waals surface area contributed by atoms with Crippen molar-refractivity contribution in [3.05, 3.63) is 72.8 Å². The predicted octanol–water partition coefficient (Wildman–Crippen LogP) is 10.3. The standard InChI is InChI=1S/C34H46O6S/c1-4-7-16-23-37-28-26-31(38-24-17-8-5-2)33(32(27-28)39-25-18-9-6-3)41(40-34(35)36,29-19-12-10-13-20-29)30-21-14-11-15-22-30/h10-15,19-22,26-27H,4-9,16-18,23-25H2,1-3H3,(H,35,36). The Morgan fingerprint density at radius 1 is 0.634 bits per heavy atom. The quantitative estimate of drug-likeness (QED) is 0.142. The van der Waals surface area contributed by atoms with Gasteiger partial charge in [-0.1, -0.05) is 95.7 Å². The lowest BCUT2D eigenvalue weighted by molar-refractivity contribution is 0.150. The first-order chi connectivity index (χ1) is 20.1. The van der Waals surface area contributed by atoms with Crippen LogP contribution in [0.5, 0.6) is 17.2 Å². The van der Waals surface area contributed by atoms with Crippen molar-refractivity contribution in [2.75, 3.05) is 19.8 Å². The van der Waals surface area contributed by atoms with Gasteiger partial charge in [-0.15, -0.1) is 0 Å². The van der Waals surface area contributed by atoms with Crippen molar-refractivity contribution in [1.82, 2.24) is 0 Å². The van der Waals surface area contributed by atoms with Crippen LogP contribution >= 0.6 is 10.3 Å². The maximum Gasteiger partial charge on any atom is 0.517 e. The second-order valence-corrected chi connectivity index (χ2v) is 12.6. The zero-order valence-electron chi connectivity index (χ0n) is 24.8. The molecule has 3 aromatic carbocycles. The van der Waals surface area contributed by atoms with E-state index >= 15 is 0 Å². The van der Waals surface area contributed by atoms with Gasteiger partial charge in [0, 0.05) is 32.2 Å². The van der Waals surface area contributed by atoms with Crippen LogP contribution < -0.4 is 14.2 Å². The van der Waals surface area contributed by atoms with Gasteiger partial charge < -0.3 is 23.5 Å². The SMILES string of the molecule is CCCCCOc1cc(OCCCCC)c(S(OC(=O)O)(c2ccccc2)c2ccccc2)c(OCCCCC)c1. The number of ether oxygens (including phenoxy) is 3. The minimum Gasteiger partial charge on any atom is -0.493 e. The van der Waals surface area contributed by atoms with Gasteiger partial charge in [-0.3, -0.25) is 0 Å². The lowest BCUT2D eigenvalue weighted by Crippen LogP contribution is -2.15. The molecule has 0 heterocycles. The van der Waals surface area contributed by atoms with E-state index in [2.05, 4.69) is 20.8 Å². The van der Waals surface area contributed by atoms with Crippen molar-refractivity contribution >= 4 is 16.5 Å². The first-order valence-corrected chi connectivity index (χ1v) is 16.5. The van der Waals surface area contributed by atoms with Crippen LogP contribution in [0.15, 0.2) is 87.5 Å². The van der Waals surface area contributed by atoms with Crippen LogP contribution in [0.1, 0.15) is 78.6 Å². The topological polar surface area (TPSA) is 74.2 Å². The molecule has 0 saturated heterocycles. The molecule has 0 atom stereocenters. The number of carboxylic acid groups (broad SMARTS) is 1. The summed E-state index contributed by atoms with van der Waals surface area (Å²) < 4.78 is 25.3. The Bertz CT molecular complexity index is 1100. The molecule has 0 aliphatic carbocycles. The van der Waals surface area contributed by atoms with E-state index in [1.54, 1.807) is 0 Å². The average Bonchev–Trinajstić information content (AvgIpc) is 2.99. The third-order valence-corrected chi connectivity index (χ3v) is 9.90. The highest BCUT2D eigenvalue weighted by atomic mass is 32.3. The monoisotopic (exact) mass is 582 g/mol. The zero-order valence-corrected chi connectivity index (χ0v) is 25.6. The summed E-state index contributed by atoms with van der Waals surface area (Å²) in [7, 11) is -2.83. The highest BCUT2D eigenvalue weighted by Crippen LogP contribution is 2.73. The third kappa shape index (κ3) is 9.09. The van der Waals surface area contributed by atoms with E-state index in [4.69, 9.17) is 18.4 Å². The van der Waals surface area contributed by atoms with E-state index < -0.39 is 16.5 Å². The molecular formula is C34H46O6S. The predicted molar refractivity (Wildman–Crippen MR) is 166 cm³/mol. The molecule has 0 aromatic heterocycles. The van der Waals surface area contributed by atoms with Gasteiger partial charge in [0.05, 0.1) is 19.8 Å². The van der Waals surface area contributed by atoms with E-state index in [1.165, 1.54) is 0 Å². The van der Waals surface area contributed by atoms with Crippen LogP contribution in [0.25, 0.3) is 0 Å². The van der Waals surface area contributed by atoms with Crippen molar-refractivity contribution in [2.45, 2.75) is 93.2 Å². The smallest absolute Gasteiger partial charge is 0.493 e. The molecule has 6 nitrogen and oxygen atoms in total. The Morgan fingerprint density at radius 2 is 1.05 bits per heavy atom. The normalized spacial score (nSPS) is 11.6. The van der Waals surface area contributed by atoms with Crippen LogP contribution in [-0.2, 0) is 4.18 Å². The third-order valence-electron chi connectivity index (χ3n) is 6.66. The maximum atomic E-state index is 12.5. The van der Waals surface area contributed by atoms with Gasteiger partial charge >= 0.3 is 6.16 Å². The number of benzene rings is 3. The second kappa shape index (κ2) is 17.5. The summed E-state index contributed by atoms with van der Waals surface area (Å²) >= 11 is 0. The summed E-state index contributed by atoms with van der Waals surface area (Å²) in [4.78, 5) is 14.6. The summed E-state index contributed by atoms with van der Waals surface area (Å²) in [5, 5.41) is 10.2. The van der Waals surface area contributed by atoms with Crippen LogP contribution in [0.2, 0.25) is 0 Å². The van der Waals surface area contributed by atoms with E-state index in [1.807, 2.05) is 72.8 Å². The van der Waals surface area contributed by atoms with Crippen molar-refractivity contribution in [3.8, 4) is 17.2 Å². The molecule has 224 valence electrons. The summed E-state index contributed by atoms with van der Waals surface area (Å²) in [5.41, 5.74) is 0. The molecule has 0 aliphatic heterocycles.